The van der Waals surface area contributed by atoms with Crippen molar-refractivity contribution in [2.24, 2.45) is 0 Å². The number of halogens is 1. The minimum Gasteiger partial charge on any atom is -0.310 e. The Morgan fingerprint density at radius 3 is 2.57 bits per heavy atom. The van der Waals surface area contributed by atoms with Gasteiger partial charge in [0.05, 0.1) is 5.02 Å². The molecule has 0 radical (unpaired) electrons. The third kappa shape index (κ3) is 5.03. The normalized spacial score (nSPS) is 11.1. The monoisotopic (exact) mass is 320 g/mol. The Bertz CT molecular complexity index is 606. The van der Waals surface area contributed by atoms with Crippen molar-refractivity contribution in [1.82, 2.24) is 10.3 Å². The van der Waals surface area contributed by atoms with Crippen molar-refractivity contribution >= 4 is 23.4 Å². The van der Waals surface area contributed by atoms with Crippen LogP contribution in [0.15, 0.2) is 40.3 Å². The van der Waals surface area contributed by atoms with Gasteiger partial charge in [-0.15, -0.1) is 0 Å². The molecule has 4 heteroatoms. The van der Waals surface area contributed by atoms with Gasteiger partial charge < -0.3 is 5.32 Å². The first kappa shape index (κ1) is 16.3. The summed E-state index contributed by atoms with van der Waals surface area (Å²) in [6.45, 7) is 9.21. The van der Waals surface area contributed by atoms with E-state index in [0.29, 0.717) is 6.04 Å². The van der Waals surface area contributed by atoms with E-state index in [1.807, 2.05) is 13.0 Å². The van der Waals surface area contributed by atoms with Crippen LogP contribution in [0.2, 0.25) is 5.02 Å². The van der Waals surface area contributed by atoms with Crippen LogP contribution in [0.25, 0.3) is 0 Å². The van der Waals surface area contributed by atoms with Crippen molar-refractivity contribution in [3.05, 3.63) is 52.2 Å². The predicted octanol–water partition coefficient (Wildman–Crippen LogP) is 5.00. The first-order chi connectivity index (χ1) is 9.94. The van der Waals surface area contributed by atoms with Gasteiger partial charge >= 0.3 is 0 Å². The number of hydrogen-bond donors (Lipinski definition) is 1. The van der Waals surface area contributed by atoms with Gasteiger partial charge in [0.25, 0.3) is 0 Å². The molecule has 1 aromatic heterocycles. The van der Waals surface area contributed by atoms with Crippen LogP contribution in [0, 0.1) is 13.8 Å². The summed E-state index contributed by atoms with van der Waals surface area (Å²) < 4.78 is 0. The summed E-state index contributed by atoms with van der Waals surface area (Å²) in [5.74, 6) is 0. The maximum atomic E-state index is 6.40. The van der Waals surface area contributed by atoms with Gasteiger partial charge in [-0.25, -0.2) is 4.98 Å². The maximum Gasteiger partial charge on any atom is 0.101 e. The van der Waals surface area contributed by atoms with E-state index >= 15 is 0 Å². The molecule has 1 heterocycles. The lowest BCUT2D eigenvalue weighted by Gasteiger charge is -2.10. The molecule has 2 nitrogen and oxygen atoms in total. The minimum atomic E-state index is 0.470. The smallest absolute Gasteiger partial charge is 0.101 e. The topological polar surface area (TPSA) is 24.9 Å². The molecule has 2 rings (SSSR count). The largest absolute Gasteiger partial charge is 0.310 e. The molecule has 112 valence electrons. The number of aryl methyl sites for hydroxylation is 2. The number of nitrogens with zero attached hydrogens (tertiary/aromatic N) is 1. The highest BCUT2D eigenvalue weighted by Gasteiger charge is 2.06. The Hall–Kier alpha value is -1.03. The van der Waals surface area contributed by atoms with E-state index in [2.05, 4.69) is 55.3 Å². The second kappa shape index (κ2) is 7.30. The highest BCUT2D eigenvalue weighted by Crippen LogP contribution is 2.33. The number of nitrogens with one attached hydrogen (secondary N) is 1. The van der Waals surface area contributed by atoms with E-state index in [9.17, 15) is 0 Å². The Morgan fingerprint density at radius 1 is 1.19 bits per heavy atom. The summed E-state index contributed by atoms with van der Waals surface area (Å²) in [6.07, 6.45) is 0. The molecule has 2 aromatic rings. The fraction of sp³-hybridized carbons (Fsp3) is 0.353. The van der Waals surface area contributed by atoms with Gasteiger partial charge in [0.1, 0.15) is 5.03 Å². The summed E-state index contributed by atoms with van der Waals surface area (Å²) in [5, 5.41) is 5.17. The molecule has 0 saturated heterocycles. The van der Waals surface area contributed by atoms with Crippen molar-refractivity contribution in [2.75, 3.05) is 0 Å². The average molecular weight is 321 g/mol. The van der Waals surface area contributed by atoms with Crippen LogP contribution in [0.5, 0.6) is 0 Å². The summed E-state index contributed by atoms with van der Waals surface area (Å²) in [4.78, 5) is 5.59. The van der Waals surface area contributed by atoms with Crippen LogP contribution >= 0.6 is 23.4 Å². The van der Waals surface area contributed by atoms with Gasteiger partial charge in [-0.05, 0) is 49.2 Å². The van der Waals surface area contributed by atoms with Crippen molar-refractivity contribution in [3.63, 3.8) is 0 Å². The third-order valence-electron chi connectivity index (χ3n) is 3.00. The van der Waals surface area contributed by atoms with Crippen molar-refractivity contribution in [2.45, 2.75) is 50.2 Å². The number of aromatic nitrogens is 1. The summed E-state index contributed by atoms with van der Waals surface area (Å²) in [5.41, 5.74) is 3.46. The molecule has 21 heavy (non-hydrogen) atoms. The van der Waals surface area contributed by atoms with E-state index in [-0.39, 0.29) is 0 Å². The number of hydrogen-bond acceptors (Lipinski definition) is 3. The molecule has 0 bridgehead atoms. The van der Waals surface area contributed by atoms with Crippen LogP contribution in [0.3, 0.4) is 0 Å². The van der Waals surface area contributed by atoms with Crippen LogP contribution in [0.4, 0.5) is 0 Å². The zero-order valence-corrected chi connectivity index (χ0v) is 14.5. The molecule has 0 aliphatic carbocycles. The molecule has 0 amide bonds. The van der Waals surface area contributed by atoms with E-state index < -0.39 is 0 Å². The number of benzene rings is 1. The molecule has 0 atom stereocenters. The zero-order valence-electron chi connectivity index (χ0n) is 12.9. The van der Waals surface area contributed by atoms with Crippen molar-refractivity contribution in [1.29, 1.82) is 0 Å². The summed E-state index contributed by atoms with van der Waals surface area (Å²) >= 11 is 8.01. The average Bonchev–Trinajstić information content (AvgIpc) is 2.38. The minimum absolute atomic E-state index is 0.470. The standard InChI is InChI=1S/C17H21ClN2S/c1-11(2)19-10-14-5-6-16(15(18)9-14)21-17-8-12(3)7-13(4)20-17/h5-9,11,19H,10H2,1-4H3. The van der Waals surface area contributed by atoms with Gasteiger partial charge in [0, 0.05) is 23.2 Å². The van der Waals surface area contributed by atoms with Crippen molar-refractivity contribution < 1.29 is 0 Å². The molecule has 1 aromatic carbocycles. The predicted molar refractivity (Wildman–Crippen MR) is 91.3 cm³/mol. The molecular weight excluding hydrogens is 300 g/mol. The van der Waals surface area contributed by atoms with Crippen molar-refractivity contribution in [3.8, 4) is 0 Å². The highest BCUT2D eigenvalue weighted by atomic mass is 35.5. The van der Waals surface area contributed by atoms with Gasteiger partial charge in [-0.1, -0.05) is 43.3 Å². The van der Waals surface area contributed by atoms with Crippen LogP contribution in [-0.2, 0) is 6.54 Å². The van der Waals surface area contributed by atoms with Gasteiger partial charge in [0.2, 0.25) is 0 Å². The zero-order chi connectivity index (χ0) is 15.4. The first-order valence-electron chi connectivity index (χ1n) is 7.09. The van der Waals surface area contributed by atoms with Gasteiger partial charge in [0.15, 0.2) is 0 Å². The van der Waals surface area contributed by atoms with E-state index in [4.69, 9.17) is 11.6 Å². The Kier molecular flexibility index (Phi) is 5.68. The Balaban J connectivity index is 2.13. The fourth-order valence-corrected chi connectivity index (χ4v) is 3.30. The molecule has 0 aliphatic rings. The van der Waals surface area contributed by atoms with Crippen LogP contribution < -0.4 is 5.32 Å². The number of pyridine rings is 1. The maximum absolute atomic E-state index is 6.40. The lowest BCUT2D eigenvalue weighted by molar-refractivity contribution is 0.589. The quantitative estimate of drug-likeness (QED) is 0.839. The van der Waals surface area contributed by atoms with Gasteiger partial charge in [-0.2, -0.15) is 0 Å². The third-order valence-corrected chi connectivity index (χ3v) is 4.42. The first-order valence-corrected chi connectivity index (χ1v) is 8.28. The molecule has 0 saturated carbocycles. The van der Waals surface area contributed by atoms with E-state index in [1.54, 1.807) is 11.8 Å². The summed E-state index contributed by atoms with van der Waals surface area (Å²) in [6, 6.07) is 10.9. The second-order valence-corrected chi connectivity index (χ2v) is 7.00. The molecule has 0 fully saturated rings. The van der Waals surface area contributed by atoms with E-state index in [0.717, 1.165) is 27.2 Å². The second-order valence-electron chi connectivity index (χ2n) is 5.53. The fourth-order valence-electron chi connectivity index (χ4n) is 2.03. The van der Waals surface area contributed by atoms with Gasteiger partial charge in [-0.3, -0.25) is 0 Å². The summed E-state index contributed by atoms with van der Waals surface area (Å²) in [7, 11) is 0. The molecular formula is C17H21ClN2S. The van der Waals surface area contributed by atoms with Crippen LogP contribution in [-0.4, -0.2) is 11.0 Å². The number of rotatable bonds is 5. The Morgan fingerprint density at radius 2 is 1.95 bits per heavy atom. The SMILES string of the molecule is Cc1cc(C)nc(Sc2ccc(CNC(C)C)cc2Cl)c1. The van der Waals surface area contributed by atoms with Crippen LogP contribution in [0.1, 0.15) is 30.7 Å². The molecule has 0 aliphatic heterocycles. The lowest BCUT2D eigenvalue weighted by Crippen LogP contribution is -2.21. The molecule has 1 N–H and O–H groups in total. The highest BCUT2D eigenvalue weighted by molar-refractivity contribution is 7.99. The van der Waals surface area contributed by atoms with E-state index in [1.165, 1.54) is 11.1 Å². The molecule has 0 unspecified atom stereocenters. The Labute approximate surface area is 136 Å². The molecule has 0 spiro atoms. The lowest BCUT2D eigenvalue weighted by atomic mass is 10.2.